The lowest BCUT2D eigenvalue weighted by Gasteiger charge is -2.20. The van der Waals surface area contributed by atoms with Gasteiger partial charge < -0.3 is 11.1 Å². The molecule has 0 aliphatic carbocycles. The summed E-state index contributed by atoms with van der Waals surface area (Å²) in [7, 11) is 0. The molecule has 32 heavy (non-hydrogen) atoms. The highest BCUT2D eigenvalue weighted by atomic mass is 35.5. The molecule has 1 aromatic carbocycles. The van der Waals surface area contributed by atoms with Gasteiger partial charge in [-0.2, -0.15) is 15.3 Å². The Hall–Kier alpha value is -4.11. The lowest BCUT2D eigenvalue weighted by molar-refractivity contribution is 0.146. The van der Waals surface area contributed by atoms with Crippen molar-refractivity contribution in [3.63, 3.8) is 0 Å². The maximum absolute atomic E-state index is 13.3. The van der Waals surface area contributed by atoms with Crippen molar-refractivity contribution in [2.24, 2.45) is 0 Å². The van der Waals surface area contributed by atoms with Crippen molar-refractivity contribution >= 4 is 34.3 Å². The number of aromatic nitrogens is 6. The van der Waals surface area contributed by atoms with Crippen molar-refractivity contribution < 1.29 is 8.78 Å². The van der Waals surface area contributed by atoms with Crippen molar-refractivity contribution in [1.29, 1.82) is 5.26 Å². The molecule has 4 rings (SSSR count). The number of alkyl halides is 2. The average Bonchev–Trinajstić information content (AvgIpc) is 3.27. The minimum absolute atomic E-state index is 0.189. The Morgan fingerprint density at radius 2 is 2.06 bits per heavy atom. The summed E-state index contributed by atoms with van der Waals surface area (Å²) < 4.78 is 27.9. The SMILES string of the molecule is CC(Nc1nc(N)nc(C(F)F)c1C#N)c1nc2cccc(Cl)c2c(=O)n1-c1ccn[nH]1. The standard InChI is InChI=1S/C19H14ClF2N9O/c1-8(26-16-9(7-23)14(15(21)22)28-19(24)29-16)17-27-11-4-2-3-10(20)13(11)18(32)31(17)12-5-6-25-30-12/h2-6,8,15H,1H3,(H,25,30)(H3,24,26,28,29). The zero-order valence-electron chi connectivity index (χ0n) is 16.3. The molecule has 3 heterocycles. The molecule has 13 heteroatoms. The van der Waals surface area contributed by atoms with Gasteiger partial charge in [-0.3, -0.25) is 9.89 Å². The number of nitrogens with one attached hydrogen (secondary N) is 2. The lowest BCUT2D eigenvalue weighted by Crippen LogP contribution is -2.28. The lowest BCUT2D eigenvalue weighted by atomic mass is 10.2. The minimum Gasteiger partial charge on any atom is -0.368 e. The third-order valence-corrected chi connectivity index (χ3v) is 4.93. The Bertz CT molecular complexity index is 1410. The number of nitrogen functional groups attached to an aromatic ring is 1. The smallest absolute Gasteiger partial charge is 0.281 e. The summed E-state index contributed by atoms with van der Waals surface area (Å²) in [6.07, 6.45) is -1.58. The van der Waals surface area contributed by atoms with E-state index in [-0.39, 0.29) is 22.1 Å². The molecule has 4 N–H and O–H groups in total. The van der Waals surface area contributed by atoms with Crippen LogP contribution in [0.25, 0.3) is 16.7 Å². The van der Waals surface area contributed by atoms with Gasteiger partial charge in [0.1, 0.15) is 29.0 Å². The second-order valence-corrected chi connectivity index (χ2v) is 7.06. The average molecular weight is 458 g/mol. The largest absolute Gasteiger partial charge is 0.368 e. The van der Waals surface area contributed by atoms with Crippen LogP contribution in [0.2, 0.25) is 5.02 Å². The number of benzene rings is 1. The zero-order valence-corrected chi connectivity index (χ0v) is 17.1. The normalized spacial score (nSPS) is 12.1. The molecule has 162 valence electrons. The highest BCUT2D eigenvalue weighted by Crippen LogP contribution is 2.29. The zero-order chi connectivity index (χ0) is 23.0. The van der Waals surface area contributed by atoms with Crippen molar-refractivity contribution in [2.45, 2.75) is 19.4 Å². The van der Waals surface area contributed by atoms with Gasteiger partial charge in [0.15, 0.2) is 5.82 Å². The summed E-state index contributed by atoms with van der Waals surface area (Å²) >= 11 is 6.23. The number of anilines is 2. The van der Waals surface area contributed by atoms with Crippen LogP contribution >= 0.6 is 11.6 Å². The van der Waals surface area contributed by atoms with Crippen molar-refractivity contribution in [2.75, 3.05) is 11.1 Å². The molecule has 0 amide bonds. The van der Waals surface area contributed by atoms with Gasteiger partial charge in [-0.05, 0) is 19.1 Å². The Labute approximate surface area is 183 Å². The van der Waals surface area contributed by atoms with Gasteiger partial charge >= 0.3 is 0 Å². The number of nitriles is 1. The number of aromatic amines is 1. The number of fused-ring (bicyclic) bond motifs is 1. The number of nitrogens with two attached hydrogens (primary N) is 1. The van der Waals surface area contributed by atoms with E-state index >= 15 is 0 Å². The van der Waals surface area contributed by atoms with Crippen LogP contribution in [0.4, 0.5) is 20.5 Å². The monoisotopic (exact) mass is 457 g/mol. The molecular formula is C19H14ClF2N9O. The molecular weight excluding hydrogens is 444 g/mol. The van der Waals surface area contributed by atoms with E-state index in [1.807, 2.05) is 0 Å². The van der Waals surface area contributed by atoms with E-state index in [1.54, 1.807) is 37.3 Å². The first-order chi connectivity index (χ1) is 15.3. The molecule has 0 bridgehead atoms. The van der Waals surface area contributed by atoms with Crippen LogP contribution < -0.4 is 16.6 Å². The van der Waals surface area contributed by atoms with E-state index in [0.717, 1.165) is 0 Å². The molecule has 10 nitrogen and oxygen atoms in total. The Morgan fingerprint density at radius 1 is 1.28 bits per heavy atom. The molecule has 0 aliphatic rings. The van der Waals surface area contributed by atoms with E-state index in [9.17, 15) is 18.8 Å². The first-order valence-corrected chi connectivity index (χ1v) is 9.52. The molecule has 0 aliphatic heterocycles. The summed E-state index contributed by atoms with van der Waals surface area (Å²) in [4.78, 5) is 25.2. The number of nitrogens with zero attached hydrogens (tertiary/aromatic N) is 6. The van der Waals surface area contributed by atoms with E-state index in [2.05, 4.69) is 30.5 Å². The first-order valence-electron chi connectivity index (χ1n) is 9.15. The molecule has 0 spiro atoms. The molecule has 0 saturated carbocycles. The number of halogens is 3. The van der Waals surface area contributed by atoms with Crippen molar-refractivity contribution in [3.8, 4) is 11.9 Å². The Morgan fingerprint density at radius 3 is 2.72 bits per heavy atom. The van der Waals surface area contributed by atoms with Gasteiger partial charge in [0.25, 0.3) is 12.0 Å². The van der Waals surface area contributed by atoms with Crippen LogP contribution in [0, 0.1) is 11.3 Å². The number of hydrogen-bond donors (Lipinski definition) is 3. The van der Waals surface area contributed by atoms with E-state index in [4.69, 9.17) is 17.3 Å². The summed E-state index contributed by atoms with van der Waals surface area (Å²) in [6, 6.07) is 7.28. The van der Waals surface area contributed by atoms with Gasteiger partial charge in [0, 0.05) is 6.07 Å². The van der Waals surface area contributed by atoms with Gasteiger partial charge in [-0.25, -0.2) is 23.3 Å². The van der Waals surface area contributed by atoms with E-state index in [0.29, 0.717) is 11.3 Å². The molecule has 1 unspecified atom stereocenters. The molecule has 1 atom stereocenters. The highest BCUT2D eigenvalue weighted by Gasteiger charge is 2.25. The van der Waals surface area contributed by atoms with Gasteiger partial charge in [0.2, 0.25) is 5.95 Å². The summed E-state index contributed by atoms with van der Waals surface area (Å²) in [6.45, 7) is 1.62. The van der Waals surface area contributed by atoms with Crippen LogP contribution in [-0.2, 0) is 0 Å². The summed E-state index contributed by atoms with van der Waals surface area (Å²) in [5.41, 5.74) is 4.17. The van der Waals surface area contributed by atoms with Crippen LogP contribution in [0.3, 0.4) is 0 Å². The Kier molecular flexibility index (Phi) is 5.41. The quantitative estimate of drug-likeness (QED) is 0.413. The molecule has 0 radical (unpaired) electrons. The van der Waals surface area contributed by atoms with E-state index < -0.39 is 35.2 Å². The maximum atomic E-state index is 13.3. The number of hydrogen-bond acceptors (Lipinski definition) is 8. The fourth-order valence-corrected chi connectivity index (χ4v) is 3.49. The van der Waals surface area contributed by atoms with Crippen LogP contribution in [-0.4, -0.2) is 29.7 Å². The predicted octanol–water partition coefficient (Wildman–Crippen LogP) is 3.12. The number of rotatable bonds is 5. The topological polar surface area (TPSA) is 151 Å². The predicted molar refractivity (Wildman–Crippen MR) is 113 cm³/mol. The molecule has 4 aromatic rings. The third-order valence-electron chi connectivity index (χ3n) is 4.61. The van der Waals surface area contributed by atoms with Crippen molar-refractivity contribution in [1.82, 2.24) is 29.7 Å². The minimum atomic E-state index is -3.03. The Balaban J connectivity index is 1.91. The second kappa shape index (κ2) is 8.20. The summed E-state index contributed by atoms with van der Waals surface area (Å²) in [5.74, 6) is -0.143. The van der Waals surface area contributed by atoms with Gasteiger partial charge in [-0.1, -0.05) is 17.7 Å². The van der Waals surface area contributed by atoms with Gasteiger partial charge in [-0.15, -0.1) is 0 Å². The van der Waals surface area contributed by atoms with Gasteiger partial charge in [0.05, 0.1) is 28.2 Å². The van der Waals surface area contributed by atoms with Crippen LogP contribution in [0.5, 0.6) is 0 Å². The van der Waals surface area contributed by atoms with E-state index in [1.165, 1.54) is 10.8 Å². The number of H-pyrrole nitrogens is 1. The van der Waals surface area contributed by atoms with Crippen molar-refractivity contribution in [3.05, 3.63) is 62.9 Å². The first kappa shape index (κ1) is 21.1. The summed E-state index contributed by atoms with van der Waals surface area (Å²) in [5, 5.41) is 19.2. The van der Waals surface area contributed by atoms with Crippen LogP contribution in [0.15, 0.2) is 35.3 Å². The second-order valence-electron chi connectivity index (χ2n) is 6.66. The molecule has 3 aromatic heterocycles. The fraction of sp³-hybridized carbons (Fsp3) is 0.158. The molecule has 0 saturated heterocycles. The fourth-order valence-electron chi connectivity index (χ4n) is 3.24. The third kappa shape index (κ3) is 3.58. The highest BCUT2D eigenvalue weighted by molar-refractivity contribution is 6.35. The maximum Gasteiger partial charge on any atom is 0.281 e. The van der Waals surface area contributed by atoms with Crippen LogP contribution in [0.1, 0.15) is 36.5 Å². The molecule has 0 fully saturated rings.